The molecule has 0 amide bonds. The highest BCUT2D eigenvalue weighted by Gasteiger charge is 2.11. The van der Waals surface area contributed by atoms with E-state index in [9.17, 15) is 0 Å². The third-order valence-corrected chi connectivity index (χ3v) is 4.63. The molecule has 1 aliphatic carbocycles. The standard InChI is InChI=1S/C21H22N4O/c1-14-5-7-16(8-6-14)20-24-19(13-26-20)12-23-21(22)25-18-10-9-15-3-2-4-17(15)11-18/h5-11,13H,2-4,12H2,1H3,(H3,22,23,25). The van der Waals surface area contributed by atoms with Crippen LogP contribution in [-0.4, -0.2) is 10.9 Å². The normalized spacial score (nSPS) is 13.7. The molecule has 5 heteroatoms. The number of aromatic nitrogens is 1. The molecule has 3 N–H and O–H groups in total. The van der Waals surface area contributed by atoms with Crippen molar-refractivity contribution in [3.05, 3.63) is 71.1 Å². The summed E-state index contributed by atoms with van der Waals surface area (Å²) in [6.07, 6.45) is 5.18. The van der Waals surface area contributed by atoms with Gasteiger partial charge in [0, 0.05) is 11.3 Å². The molecule has 0 bridgehead atoms. The van der Waals surface area contributed by atoms with E-state index >= 15 is 0 Å². The second kappa shape index (κ2) is 7.04. The van der Waals surface area contributed by atoms with Gasteiger partial charge in [0.2, 0.25) is 5.89 Å². The maximum Gasteiger partial charge on any atom is 0.226 e. The molecule has 0 radical (unpaired) electrons. The fourth-order valence-electron chi connectivity index (χ4n) is 3.21. The van der Waals surface area contributed by atoms with E-state index in [0.717, 1.165) is 23.4 Å². The second-order valence-electron chi connectivity index (χ2n) is 6.67. The van der Waals surface area contributed by atoms with Crippen LogP contribution in [0.15, 0.2) is 58.1 Å². The van der Waals surface area contributed by atoms with Gasteiger partial charge in [-0.05, 0) is 61.6 Å². The van der Waals surface area contributed by atoms with Crippen molar-refractivity contribution in [2.45, 2.75) is 32.7 Å². The van der Waals surface area contributed by atoms with Crippen molar-refractivity contribution in [2.24, 2.45) is 10.7 Å². The monoisotopic (exact) mass is 346 g/mol. The zero-order chi connectivity index (χ0) is 17.9. The Morgan fingerprint density at radius 1 is 1.15 bits per heavy atom. The van der Waals surface area contributed by atoms with E-state index in [2.05, 4.69) is 40.4 Å². The lowest BCUT2D eigenvalue weighted by molar-refractivity contribution is 0.572. The van der Waals surface area contributed by atoms with Crippen LogP contribution in [-0.2, 0) is 19.4 Å². The summed E-state index contributed by atoms with van der Waals surface area (Å²) in [6.45, 7) is 2.43. The number of anilines is 1. The molecule has 0 spiro atoms. The van der Waals surface area contributed by atoms with Crippen molar-refractivity contribution in [1.29, 1.82) is 0 Å². The average molecular weight is 346 g/mol. The number of oxazole rings is 1. The first-order valence-electron chi connectivity index (χ1n) is 8.87. The number of nitrogens with one attached hydrogen (secondary N) is 1. The van der Waals surface area contributed by atoms with Crippen LogP contribution in [0.1, 0.15) is 28.8 Å². The highest BCUT2D eigenvalue weighted by atomic mass is 16.3. The van der Waals surface area contributed by atoms with Gasteiger partial charge in [-0.3, -0.25) is 0 Å². The van der Waals surface area contributed by atoms with Gasteiger partial charge >= 0.3 is 0 Å². The number of hydrogen-bond donors (Lipinski definition) is 2. The van der Waals surface area contributed by atoms with Crippen LogP contribution in [0.5, 0.6) is 0 Å². The van der Waals surface area contributed by atoms with E-state index in [0.29, 0.717) is 18.4 Å². The van der Waals surface area contributed by atoms with E-state index in [1.807, 2.05) is 24.3 Å². The molecule has 132 valence electrons. The largest absolute Gasteiger partial charge is 0.444 e. The fourth-order valence-corrected chi connectivity index (χ4v) is 3.21. The second-order valence-corrected chi connectivity index (χ2v) is 6.67. The summed E-state index contributed by atoms with van der Waals surface area (Å²) in [7, 11) is 0. The Labute approximate surface area is 153 Å². The maximum absolute atomic E-state index is 6.01. The molecule has 0 fully saturated rings. The predicted molar refractivity (Wildman–Crippen MR) is 104 cm³/mol. The summed E-state index contributed by atoms with van der Waals surface area (Å²) in [5.41, 5.74) is 12.7. The van der Waals surface area contributed by atoms with Gasteiger partial charge in [0.25, 0.3) is 0 Å². The quantitative estimate of drug-likeness (QED) is 0.551. The Bertz CT molecular complexity index is 941. The van der Waals surface area contributed by atoms with E-state index < -0.39 is 0 Å². The van der Waals surface area contributed by atoms with Crippen LogP contribution in [0.4, 0.5) is 5.69 Å². The molecule has 1 aromatic heterocycles. The van der Waals surface area contributed by atoms with Gasteiger partial charge in [-0.1, -0.05) is 23.8 Å². The van der Waals surface area contributed by atoms with Crippen molar-refractivity contribution in [2.75, 3.05) is 5.32 Å². The van der Waals surface area contributed by atoms with Crippen molar-refractivity contribution in [3.63, 3.8) is 0 Å². The van der Waals surface area contributed by atoms with Crippen LogP contribution in [0.2, 0.25) is 0 Å². The summed E-state index contributed by atoms with van der Waals surface area (Å²) in [5, 5.41) is 3.16. The minimum atomic E-state index is 0.374. The van der Waals surface area contributed by atoms with Crippen LogP contribution < -0.4 is 11.1 Å². The lowest BCUT2D eigenvalue weighted by Gasteiger charge is -2.07. The molecule has 5 nitrogen and oxygen atoms in total. The summed E-state index contributed by atoms with van der Waals surface area (Å²) < 4.78 is 5.55. The highest BCUT2D eigenvalue weighted by molar-refractivity contribution is 5.92. The molecule has 0 saturated heterocycles. The fraction of sp³-hybridized carbons (Fsp3) is 0.238. The van der Waals surface area contributed by atoms with Crippen molar-refractivity contribution in [1.82, 2.24) is 4.98 Å². The minimum absolute atomic E-state index is 0.374. The van der Waals surface area contributed by atoms with Crippen LogP contribution in [0.25, 0.3) is 11.5 Å². The van der Waals surface area contributed by atoms with E-state index in [4.69, 9.17) is 10.2 Å². The van der Waals surface area contributed by atoms with Gasteiger partial charge in [-0.15, -0.1) is 0 Å². The smallest absolute Gasteiger partial charge is 0.226 e. The molecule has 0 saturated carbocycles. The maximum atomic E-state index is 6.01. The van der Waals surface area contributed by atoms with E-state index in [1.54, 1.807) is 6.26 Å². The molecule has 2 aromatic carbocycles. The zero-order valence-electron chi connectivity index (χ0n) is 14.8. The Morgan fingerprint density at radius 2 is 1.96 bits per heavy atom. The average Bonchev–Trinajstić information content (AvgIpc) is 3.29. The lowest BCUT2D eigenvalue weighted by Crippen LogP contribution is -2.22. The van der Waals surface area contributed by atoms with Gasteiger partial charge < -0.3 is 15.5 Å². The Balaban J connectivity index is 1.40. The first-order chi connectivity index (χ1) is 12.7. The molecule has 0 unspecified atom stereocenters. The Hall–Kier alpha value is -3.08. The SMILES string of the molecule is Cc1ccc(-c2nc(CN=C(N)Nc3ccc4c(c3)CCC4)co2)cc1. The molecule has 0 aliphatic heterocycles. The molecule has 3 aromatic rings. The van der Waals surface area contributed by atoms with E-state index in [-0.39, 0.29) is 0 Å². The Kier molecular flexibility index (Phi) is 4.44. The molecule has 26 heavy (non-hydrogen) atoms. The molecule has 4 rings (SSSR count). The first-order valence-corrected chi connectivity index (χ1v) is 8.87. The van der Waals surface area contributed by atoms with Crippen molar-refractivity contribution < 1.29 is 4.42 Å². The van der Waals surface area contributed by atoms with Crippen LogP contribution in [0.3, 0.4) is 0 Å². The topological polar surface area (TPSA) is 76.4 Å². The number of aliphatic imine (C=N–C) groups is 1. The number of hydrogen-bond acceptors (Lipinski definition) is 3. The Morgan fingerprint density at radius 3 is 2.81 bits per heavy atom. The number of guanidine groups is 1. The first kappa shape index (κ1) is 16.4. The van der Waals surface area contributed by atoms with Gasteiger partial charge in [0.1, 0.15) is 12.0 Å². The number of rotatable bonds is 4. The van der Waals surface area contributed by atoms with E-state index in [1.165, 1.54) is 29.5 Å². The summed E-state index contributed by atoms with van der Waals surface area (Å²) >= 11 is 0. The molecule has 1 heterocycles. The lowest BCUT2D eigenvalue weighted by atomic mass is 10.1. The summed E-state index contributed by atoms with van der Waals surface area (Å²) in [6, 6.07) is 14.5. The van der Waals surface area contributed by atoms with Crippen LogP contribution in [0, 0.1) is 6.92 Å². The summed E-state index contributed by atoms with van der Waals surface area (Å²) in [4.78, 5) is 8.84. The van der Waals surface area contributed by atoms with Crippen LogP contribution >= 0.6 is 0 Å². The molecule has 0 atom stereocenters. The van der Waals surface area contributed by atoms with Gasteiger partial charge in [0.05, 0.1) is 6.54 Å². The third-order valence-electron chi connectivity index (χ3n) is 4.63. The third kappa shape index (κ3) is 3.61. The predicted octanol–water partition coefficient (Wildman–Crippen LogP) is 4.07. The number of benzene rings is 2. The molecular formula is C21H22N4O. The van der Waals surface area contributed by atoms with Crippen molar-refractivity contribution >= 4 is 11.6 Å². The number of nitrogens with two attached hydrogens (primary N) is 1. The number of nitrogens with zero attached hydrogens (tertiary/aromatic N) is 2. The minimum Gasteiger partial charge on any atom is -0.444 e. The van der Waals surface area contributed by atoms with Gasteiger partial charge in [0.15, 0.2) is 5.96 Å². The van der Waals surface area contributed by atoms with Gasteiger partial charge in [-0.2, -0.15) is 0 Å². The molecule has 1 aliphatic rings. The highest BCUT2D eigenvalue weighted by Crippen LogP contribution is 2.25. The zero-order valence-corrected chi connectivity index (χ0v) is 14.8. The number of aryl methyl sites for hydroxylation is 3. The summed E-state index contributed by atoms with van der Waals surface area (Å²) in [5.74, 6) is 0.975. The number of fused-ring (bicyclic) bond motifs is 1. The molecular weight excluding hydrogens is 324 g/mol. The van der Waals surface area contributed by atoms with Gasteiger partial charge in [-0.25, -0.2) is 9.98 Å². The van der Waals surface area contributed by atoms with Crippen molar-refractivity contribution in [3.8, 4) is 11.5 Å².